The number of ketones is 1. The van der Waals surface area contributed by atoms with Crippen LogP contribution in [0.2, 0.25) is 0 Å². The molecule has 5 nitrogen and oxygen atoms in total. The molecule has 2 rings (SSSR count). The molecule has 0 aliphatic carbocycles. The van der Waals surface area contributed by atoms with Crippen molar-refractivity contribution in [2.75, 3.05) is 11.9 Å². The van der Waals surface area contributed by atoms with Gasteiger partial charge in [0, 0.05) is 26.1 Å². The molecule has 1 aliphatic rings. The molecule has 1 aromatic rings. The van der Waals surface area contributed by atoms with E-state index in [4.69, 9.17) is 4.74 Å². The quantitative estimate of drug-likeness (QED) is 0.787. The molecule has 17 heavy (non-hydrogen) atoms. The third-order valence-electron chi connectivity index (χ3n) is 2.70. The van der Waals surface area contributed by atoms with Gasteiger partial charge >= 0.3 is 0 Å². The predicted molar refractivity (Wildman–Crippen MR) is 62.0 cm³/mol. The smallest absolute Gasteiger partial charge is 0.269 e. The number of pyridine rings is 1. The summed E-state index contributed by atoms with van der Waals surface area (Å²) in [5.74, 6) is 1.01. The summed E-state index contributed by atoms with van der Waals surface area (Å²) in [7, 11) is 1.66. The number of amides is 1. The van der Waals surface area contributed by atoms with Crippen LogP contribution in [-0.4, -0.2) is 29.8 Å². The lowest BCUT2D eigenvalue weighted by atomic mass is 10.1. The third-order valence-corrected chi connectivity index (χ3v) is 2.70. The number of nitrogens with zero attached hydrogens (tertiary/aromatic N) is 2. The van der Waals surface area contributed by atoms with Gasteiger partial charge in [-0.2, -0.15) is 0 Å². The zero-order valence-electron chi connectivity index (χ0n) is 9.84. The summed E-state index contributed by atoms with van der Waals surface area (Å²) in [6, 6.07) is 3.52. The Balaban J connectivity index is 2.19. The normalized spacial score (nSPS) is 18.6. The number of carbonyl (C=O) groups is 2. The van der Waals surface area contributed by atoms with Gasteiger partial charge in [-0.3, -0.25) is 9.69 Å². The number of likely N-dealkylation sites (N-methyl/N-ethyl adjacent to an activating group) is 1. The SMILES string of the molecule is CC(=O)CCC1Oc2cccnc2N(C)C1=O. The van der Waals surface area contributed by atoms with Gasteiger partial charge in [0.25, 0.3) is 5.91 Å². The van der Waals surface area contributed by atoms with E-state index >= 15 is 0 Å². The zero-order valence-corrected chi connectivity index (χ0v) is 9.84. The average Bonchev–Trinajstić information content (AvgIpc) is 2.32. The highest BCUT2D eigenvalue weighted by molar-refractivity contribution is 5.98. The van der Waals surface area contributed by atoms with Gasteiger partial charge in [0.2, 0.25) is 0 Å². The molecule has 5 heteroatoms. The van der Waals surface area contributed by atoms with E-state index in [-0.39, 0.29) is 11.7 Å². The molecule has 1 unspecified atom stereocenters. The molecular weight excluding hydrogens is 220 g/mol. The van der Waals surface area contributed by atoms with Crippen molar-refractivity contribution in [3.63, 3.8) is 0 Å². The summed E-state index contributed by atoms with van der Waals surface area (Å²) in [4.78, 5) is 28.4. The van der Waals surface area contributed by atoms with Crippen molar-refractivity contribution in [1.29, 1.82) is 0 Å². The average molecular weight is 234 g/mol. The maximum absolute atomic E-state index is 12.0. The minimum Gasteiger partial charge on any atom is -0.477 e. The molecule has 1 aliphatic heterocycles. The van der Waals surface area contributed by atoms with Crippen molar-refractivity contribution in [2.24, 2.45) is 0 Å². The lowest BCUT2D eigenvalue weighted by Gasteiger charge is -2.30. The topological polar surface area (TPSA) is 59.5 Å². The molecule has 0 saturated heterocycles. The van der Waals surface area contributed by atoms with E-state index in [1.54, 1.807) is 25.4 Å². The van der Waals surface area contributed by atoms with Crippen molar-refractivity contribution in [3.05, 3.63) is 18.3 Å². The lowest BCUT2D eigenvalue weighted by Crippen LogP contribution is -2.44. The van der Waals surface area contributed by atoms with E-state index in [2.05, 4.69) is 4.98 Å². The molecule has 2 heterocycles. The Kier molecular flexibility index (Phi) is 3.08. The molecule has 0 fully saturated rings. The van der Waals surface area contributed by atoms with Gasteiger partial charge < -0.3 is 9.53 Å². The number of aromatic nitrogens is 1. The summed E-state index contributed by atoms with van der Waals surface area (Å²) < 4.78 is 5.56. The first-order valence-electron chi connectivity index (χ1n) is 5.48. The van der Waals surface area contributed by atoms with Crippen LogP contribution in [0.1, 0.15) is 19.8 Å². The summed E-state index contributed by atoms with van der Waals surface area (Å²) >= 11 is 0. The standard InChI is InChI=1S/C12H14N2O3/c1-8(15)5-6-10-12(16)14(2)11-9(17-10)4-3-7-13-11/h3-4,7,10H,5-6H2,1-2H3. The zero-order chi connectivity index (χ0) is 12.4. The van der Waals surface area contributed by atoms with E-state index in [0.717, 1.165) is 0 Å². The molecule has 90 valence electrons. The number of hydrogen-bond acceptors (Lipinski definition) is 4. The molecule has 0 spiro atoms. The van der Waals surface area contributed by atoms with Crippen molar-refractivity contribution < 1.29 is 14.3 Å². The Hall–Kier alpha value is -1.91. The van der Waals surface area contributed by atoms with Gasteiger partial charge in [0.1, 0.15) is 5.78 Å². The molecule has 0 aromatic carbocycles. The maximum atomic E-state index is 12.0. The number of Topliss-reactive ketones (excluding diaryl/α,β-unsaturated/α-hetero) is 1. The van der Waals surface area contributed by atoms with Crippen LogP contribution in [0, 0.1) is 0 Å². The van der Waals surface area contributed by atoms with Crippen LogP contribution >= 0.6 is 0 Å². The second-order valence-corrected chi connectivity index (χ2v) is 4.07. The van der Waals surface area contributed by atoms with Crippen molar-refractivity contribution >= 4 is 17.5 Å². The number of anilines is 1. The summed E-state index contributed by atoms with van der Waals surface area (Å²) in [6.45, 7) is 1.51. The lowest BCUT2D eigenvalue weighted by molar-refractivity contribution is -0.126. The van der Waals surface area contributed by atoms with Crippen LogP contribution in [0.5, 0.6) is 5.75 Å². The van der Waals surface area contributed by atoms with Gasteiger partial charge in [-0.25, -0.2) is 4.98 Å². The molecule has 0 radical (unpaired) electrons. The Morgan fingerprint density at radius 3 is 3.06 bits per heavy atom. The molecular formula is C12H14N2O3. The number of carbonyl (C=O) groups excluding carboxylic acids is 2. The van der Waals surface area contributed by atoms with Crippen molar-refractivity contribution in [3.8, 4) is 5.75 Å². The first-order valence-corrected chi connectivity index (χ1v) is 5.48. The number of hydrogen-bond donors (Lipinski definition) is 0. The maximum Gasteiger partial charge on any atom is 0.269 e. The van der Waals surface area contributed by atoms with Crippen LogP contribution in [0.4, 0.5) is 5.82 Å². The van der Waals surface area contributed by atoms with Gasteiger partial charge in [0.05, 0.1) is 0 Å². The Morgan fingerprint density at radius 2 is 2.35 bits per heavy atom. The molecule has 1 aromatic heterocycles. The first-order chi connectivity index (χ1) is 8.09. The predicted octanol–water partition coefficient (Wildman–Crippen LogP) is 1.17. The molecule has 0 N–H and O–H groups in total. The van der Waals surface area contributed by atoms with Gasteiger partial charge in [0.15, 0.2) is 17.7 Å². The molecule has 0 saturated carbocycles. The second kappa shape index (κ2) is 4.53. The summed E-state index contributed by atoms with van der Waals surface area (Å²) in [6.07, 6.45) is 1.79. The van der Waals surface area contributed by atoms with Crippen LogP contribution in [-0.2, 0) is 9.59 Å². The molecule has 1 atom stereocenters. The van der Waals surface area contributed by atoms with Gasteiger partial charge in [-0.05, 0) is 19.1 Å². The Bertz CT molecular complexity index is 459. The minimum atomic E-state index is -0.583. The van der Waals surface area contributed by atoms with E-state index in [1.165, 1.54) is 11.8 Å². The Labute approximate surface area is 99.4 Å². The summed E-state index contributed by atoms with van der Waals surface area (Å²) in [5, 5.41) is 0. The van der Waals surface area contributed by atoms with E-state index in [1.807, 2.05) is 0 Å². The monoisotopic (exact) mass is 234 g/mol. The summed E-state index contributed by atoms with van der Waals surface area (Å²) in [5.41, 5.74) is 0. The first kappa shape index (κ1) is 11.6. The fraction of sp³-hybridized carbons (Fsp3) is 0.417. The molecule has 0 bridgehead atoms. The minimum absolute atomic E-state index is 0.0565. The number of rotatable bonds is 3. The Morgan fingerprint density at radius 1 is 1.59 bits per heavy atom. The fourth-order valence-electron chi connectivity index (χ4n) is 1.77. The second-order valence-electron chi connectivity index (χ2n) is 4.07. The van der Waals surface area contributed by atoms with Crippen molar-refractivity contribution in [2.45, 2.75) is 25.9 Å². The largest absolute Gasteiger partial charge is 0.477 e. The van der Waals surface area contributed by atoms with Crippen molar-refractivity contribution in [1.82, 2.24) is 4.98 Å². The number of fused-ring (bicyclic) bond motifs is 1. The van der Waals surface area contributed by atoms with Crippen LogP contribution < -0.4 is 9.64 Å². The van der Waals surface area contributed by atoms with Crippen LogP contribution in [0.25, 0.3) is 0 Å². The highest BCUT2D eigenvalue weighted by Crippen LogP contribution is 2.31. The van der Waals surface area contributed by atoms with E-state index in [0.29, 0.717) is 24.4 Å². The third kappa shape index (κ3) is 2.27. The van der Waals surface area contributed by atoms with Crippen LogP contribution in [0.3, 0.4) is 0 Å². The molecule has 1 amide bonds. The fourth-order valence-corrected chi connectivity index (χ4v) is 1.77. The number of ether oxygens (including phenoxy) is 1. The van der Waals surface area contributed by atoms with Gasteiger partial charge in [-0.15, -0.1) is 0 Å². The van der Waals surface area contributed by atoms with Crippen LogP contribution in [0.15, 0.2) is 18.3 Å². The van der Waals surface area contributed by atoms with E-state index in [9.17, 15) is 9.59 Å². The highest BCUT2D eigenvalue weighted by atomic mass is 16.5. The highest BCUT2D eigenvalue weighted by Gasteiger charge is 2.32. The van der Waals surface area contributed by atoms with Gasteiger partial charge in [-0.1, -0.05) is 0 Å². The van der Waals surface area contributed by atoms with E-state index < -0.39 is 6.10 Å².